The van der Waals surface area contributed by atoms with E-state index in [1.807, 2.05) is 24.4 Å². The molecule has 20 heavy (non-hydrogen) atoms. The lowest BCUT2D eigenvalue weighted by molar-refractivity contribution is 0.608. The normalized spacial score (nSPS) is 11.1. The standard InChI is InChI=1S/C16H16ClN3/c17-15-4-1-5-16-14(15)6-9-20(16)10-8-19-12-13-3-2-7-18-11-13/h1-7,9,11,19H,8,10,12H2. The summed E-state index contributed by atoms with van der Waals surface area (Å²) in [5.41, 5.74) is 2.38. The van der Waals surface area contributed by atoms with Crippen molar-refractivity contribution >= 4 is 22.5 Å². The lowest BCUT2D eigenvalue weighted by Gasteiger charge is -2.07. The van der Waals surface area contributed by atoms with Crippen LogP contribution >= 0.6 is 11.6 Å². The van der Waals surface area contributed by atoms with Crippen LogP contribution in [0.5, 0.6) is 0 Å². The Labute approximate surface area is 123 Å². The third kappa shape index (κ3) is 2.84. The van der Waals surface area contributed by atoms with Crippen LogP contribution in [0.15, 0.2) is 55.0 Å². The zero-order valence-corrected chi connectivity index (χ0v) is 11.8. The van der Waals surface area contributed by atoms with Crippen molar-refractivity contribution in [2.45, 2.75) is 13.1 Å². The maximum absolute atomic E-state index is 6.18. The molecule has 0 aliphatic heterocycles. The zero-order chi connectivity index (χ0) is 13.8. The van der Waals surface area contributed by atoms with Crippen LogP contribution in [0.2, 0.25) is 5.02 Å². The van der Waals surface area contributed by atoms with Crippen molar-refractivity contribution in [1.82, 2.24) is 14.9 Å². The van der Waals surface area contributed by atoms with Gasteiger partial charge in [-0.05, 0) is 29.8 Å². The minimum absolute atomic E-state index is 0.810. The Bertz CT molecular complexity index is 691. The van der Waals surface area contributed by atoms with E-state index < -0.39 is 0 Å². The van der Waals surface area contributed by atoms with Crippen molar-refractivity contribution in [2.75, 3.05) is 6.54 Å². The highest BCUT2D eigenvalue weighted by atomic mass is 35.5. The van der Waals surface area contributed by atoms with Gasteiger partial charge in [0.1, 0.15) is 0 Å². The molecule has 0 bridgehead atoms. The van der Waals surface area contributed by atoms with Gasteiger partial charge in [-0.15, -0.1) is 0 Å². The topological polar surface area (TPSA) is 29.9 Å². The van der Waals surface area contributed by atoms with E-state index in [1.165, 1.54) is 11.1 Å². The Morgan fingerprint density at radius 3 is 2.95 bits per heavy atom. The fourth-order valence-electron chi connectivity index (χ4n) is 2.32. The molecule has 0 fully saturated rings. The third-order valence-corrected chi connectivity index (χ3v) is 3.67. The quantitative estimate of drug-likeness (QED) is 0.728. The first kappa shape index (κ1) is 13.2. The molecule has 0 spiro atoms. The van der Waals surface area contributed by atoms with Crippen molar-refractivity contribution in [1.29, 1.82) is 0 Å². The summed E-state index contributed by atoms with van der Waals surface area (Å²) in [6, 6.07) is 12.1. The predicted molar refractivity (Wildman–Crippen MR) is 82.9 cm³/mol. The van der Waals surface area contributed by atoms with Crippen LogP contribution in [0.4, 0.5) is 0 Å². The van der Waals surface area contributed by atoms with E-state index in [-0.39, 0.29) is 0 Å². The number of halogens is 1. The van der Waals surface area contributed by atoms with E-state index in [0.717, 1.165) is 30.0 Å². The van der Waals surface area contributed by atoms with Crippen LogP contribution in [0.25, 0.3) is 10.9 Å². The number of hydrogen-bond donors (Lipinski definition) is 1. The molecular weight excluding hydrogens is 270 g/mol. The zero-order valence-electron chi connectivity index (χ0n) is 11.1. The SMILES string of the molecule is Clc1cccc2c1ccn2CCNCc1cccnc1. The largest absolute Gasteiger partial charge is 0.346 e. The lowest BCUT2D eigenvalue weighted by Crippen LogP contribution is -2.19. The van der Waals surface area contributed by atoms with Gasteiger partial charge in [0.2, 0.25) is 0 Å². The average Bonchev–Trinajstić information content (AvgIpc) is 2.90. The van der Waals surface area contributed by atoms with Gasteiger partial charge in [-0.3, -0.25) is 4.98 Å². The lowest BCUT2D eigenvalue weighted by atomic mass is 10.2. The van der Waals surface area contributed by atoms with Crippen molar-refractivity contribution in [3.8, 4) is 0 Å². The molecule has 3 nitrogen and oxygen atoms in total. The Morgan fingerprint density at radius 2 is 2.10 bits per heavy atom. The summed E-state index contributed by atoms with van der Waals surface area (Å²) in [5.74, 6) is 0. The van der Waals surface area contributed by atoms with E-state index >= 15 is 0 Å². The average molecular weight is 286 g/mol. The Kier molecular flexibility index (Phi) is 4.00. The van der Waals surface area contributed by atoms with Crippen molar-refractivity contribution in [2.24, 2.45) is 0 Å². The highest BCUT2D eigenvalue weighted by Crippen LogP contribution is 2.23. The molecule has 1 aromatic carbocycles. The highest BCUT2D eigenvalue weighted by molar-refractivity contribution is 6.35. The van der Waals surface area contributed by atoms with Gasteiger partial charge in [-0.1, -0.05) is 23.7 Å². The molecule has 0 aliphatic carbocycles. The van der Waals surface area contributed by atoms with Crippen LogP contribution in [0.1, 0.15) is 5.56 Å². The van der Waals surface area contributed by atoms with E-state index in [2.05, 4.69) is 39.3 Å². The van der Waals surface area contributed by atoms with Crippen LogP contribution in [-0.2, 0) is 13.1 Å². The smallest absolute Gasteiger partial charge is 0.0499 e. The molecule has 2 heterocycles. The highest BCUT2D eigenvalue weighted by Gasteiger charge is 2.03. The van der Waals surface area contributed by atoms with Crippen molar-refractivity contribution in [3.63, 3.8) is 0 Å². The van der Waals surface area contributed by atoms with Gasteiger partial charge in [0, 0.05) is 54.2 Å². The molecule has 4 heteroatoms. The summed E-state index contributed by atoms with van der Waals surface area (Å²) in [6.45, 7) is 2.67. The molecule has 0 atom stereocenters. The Hall–Kier alpha value is -1.84. The molecule has 0 aliphatic rings. The van der Waals surface area contributed by atoms with Crippen LogP contribution in [-0.4, -0.2) is 16.1 Å². The molecule has 0 saturated heterocycles. The molecule has 3 aromatic rings. The monoisotopic (exact) mass is 285 g/mol. The number of rotatable bonds is 5. The summed E-state index contributed by atoms with van der Waals surface area (Å²) in [6.07, 6.45) is 5.76. The summed E-state index contributed by atoms with van der Waals surface area (Å²) >= 11 is 6.18. The molecule has 0 amide bonds. The van der Waals surface area contributed by atoms with Gasteiger partial charge in [0.15, 0.2) is 0 Å². The first-order valence-corrected chi connectivity index (χ1v) is 7.05. The minimum atomic E-state index is 0.810. The van der Waals surface area contributed by atoms with Gasteiger partial charge in [-0.2, -0.15) is 0 Å². The van der Waals surface area contributed by atoms with Gasteiger partial charge in [-0.25, -0.2) is 0 Å². The number of hydrogen-bond acceptors (Lipinski definition) is 2. The summed E-state index contributed by atoms with van der Waals surface area (Å²) in [5, 5.41) is 5.35. The van der Waals surface area contributed by atoms with Gasteiger partial charge >= 0.3 is 0 Å². The summed E-state index contributed by atoms with van der Waals surface area (Å²) < 4.78 is 2.22. The fraction of sp³-hybridized carbons (Fsp3) is 0.188. The molecule has 1 N–H and O–H groups in total. The first-order valence-electron chi connectivity index (χ1n) is 6.67. The number of fused-ring (bicyclic) bond motifs is 1. The van der Waals surface area contributed by atoms with E-state index in [1.54, 1.807) is 6.20 Å². The molecule has 3 rings (SSSR count). The number of benzene rings is 1. The minimum Gasteiger partial charge on any atom is -0.346 e. The Balaban J connectivity index is 1.59. The van der Waals surface area contributed by atoms with E-state index in [0.29, 0.717) is 0 Å². The predicted octanol–water partition coefficient (Wildman–Crippen LogP) is 3.48. The molecule has 0 radical (unpaired) electrons. The van der Waals surface area contributed by atoms with Crippen molar-refractivity contribution < 1.29 is 0 Å². The molecule has 102 valence electrons. The van der Waals surface area contributed by atoms with Crippen molar-refractivity contribution in [3.05, 3.63) is 65.6 Å². The maximum Gasteiger partial charge on any atom is 0.0499 e. The third-order valence-electron chi connectivity index (χ3n) is 3.34. The number of nitrogens with zero attached hydrogens (tertiary/aromatic N) is 2. The summed E-state index contributed by atoms with van der Waals surface area (Å²) in [4.78, 5) is 4.10. The van der Waals surface area contributed by atoms with Gasteiger partial charge in [0.05, 0.1) is 0 Å². The maximum atomic E-state index is 6.18. The van der Waals surface area contributed by atoms with Gasteiger partial charge in [0.25, 0.3) is 0 Å². The molecule has 0 unspecified atom stereocenters. The Morgan fingerprint density at radius 1 is 1.15 bits per heavy atom. The molecule has 0 saturated carbocycles. The second-order valence-electron chi connectivity index (χ2n) is 4.72. The first-order chi connectivity index (χ1) is 9.84. The molecular formula is C16H16ClN3. The molecule has 2 aromatic heterocycles. The second-order valence-corrected chi connectivity index (χ2v) is 5.13. The van der Waals surface area contributed by atoms with Gasteiger partial charge < -0.3 is 9.88 Å². The van der Waals surface area contributed by atoms with E-state index in [4.69, 9.17) is 11.6 Å². The van der Waals surface area contributed by atoms with Crippen LogP contribution in [0, 0.1) is 0 Å². The number of nitrogens with one attached hydrogen (secondary N) is 1. The van der Waals surface area contributed by atoms with E-state index in [9.17, 15) is 0 Å². The van der Waals surface area contributed by atoms with Crippen LogP contribution in [0.3, 0.4) is 0 Å². The number of pyridine rings is 1. The number of aromatic nitrogens is 2. The fourth-order valence-corrected chi connectivity index (χ4v) is 2.55. The van der Waals surface area contributed by atoms with Crippen LogP contribution < -0.4 is 5.32 Å². The second kappa shape index (κ2) is 6.07. The summed E-state index contributed by atoms with van der Waals surface area (Å²) in [7, 11) is 0.